The standard InChI is InChI=1S/C27H21N3O7S/c1-36-21-12-6-7-16(23(21)37-15-22(31)28-18-9-3-2-4-10-18)14-20-24(32)29-27(38)30(25(20)33)19-11-5-8-17(13-19)26(34)35/h2-14H,15H2,1H3,(H,28,31)(H,34,35)(H,29,32,38). The number of rotatable bonds is 8. The van der Waals surface area contributed by atoms with E-state index < -0.39 is 23.7 Å². The fraction of sp³-hybridized carbons (Fsp3) is 0.0741. The predicted molar refractivity (Wildman–Crippen MR) is 143 cm³/mol. The highest BCUT2D eigenvalue weighted by atomic mass is 32.1. The van der Waals surface area contributed by atoms with E-state index in [-0.39, 0.29) is 40.0 Å². The number of hydrogen-bond donors (Lipinski definition) is 3. The van der Waals surface area contributed by atoms with Gasteiger partial charge in [-0.3, -0.25) is 24.6 Å². The van der Waals surface area contributed by atoms with E-state index in [2.05, 4.69) is 10.6 Å². The van der Waals surface area contributed by atoms with E-state index in [4.69, 9.17) is 21.7 Å². The number of anilines is 2. The molecule has 1 aliphatic rings. The summed E-state index contributed by atoms with van der Waals surface area (Å²) < 4.78 is 11.1. The van der Waals surface area contributed by atoms with E-state index in [9.17, 15) is 24.3 Å². The third kappa shape index (κ3) is 5.68. The van der Waals surface area contributed by atoms with Crippen LogP contribution < -0.4 is 25.0 Å². The fourth-order valence-corrected chi connectivity index (χ4v) is 3.92. The van der Waals surface area contributed by atoms with Crippen molar-refractivity contribution in [1.82, 2.24) is 5.32 Å². The number of nitrogens with zero attached hydrogens (tertiary/aromatic N) is 1. The Labute approximate surface area is 222 Å². The monoisotopic (exact) mass is 531 g/mol. The molecule has 1 heterocycles. The topological polar surface area (TPSA) is 134 Å². The summed E-state index contributed by atoms with van der Waals surface area (Å²) in [6.07, 6.45) is 1.29. The van der Waals surface area contributed by atoms with Crippen molar-refractivity contribution in [2.45, 2.75) is 0 Å². The van der Waals surface area contributed by atoms with Crippen molar-refractivity contribution in [3.05, 3.63) is 89.5 Å². The van der Waals surface area contributed by atoms with Crippen LogP contribution in [0.15, 0.2) is 78.4 Å². The van der Waals surface area contributed by atoms with Crippen LogP contribution in [0.4, 0.5) is 11.4 Å². The van der Waals surface area contributed by atoms with Crippen molar-refractivity contribution in [1.29, 1.82) is 0 Å². The van der Waals surface area contributed by atoms with Crippen molar-refractivity contribution >= 4 is 58.5 Å². The highest BCUT2D eigenvalue weighted by Crippen LogP contribution is 2.33. The number of methoxy groups -OCH3 is 1. The van der Waals surface area contributed by atoms with Gasteiger partial charge in [-0.15, -0.1) is 0 Å². The average Bonchev–Trinajstić information content (AvgIpc) is 2.90. The average molecular weight is 532 g/mol. The smallest absolute Gasteiger partial charge is 0.335 e. The highest BCUT2D eigenvalue weighted by Gasteiger charge is 2.35. The molecule has 0 saturated carbocycles. The number of thiocarbonyl (C=S) groups is 1. The lowest BCUT2D eigenvalue weighted by atomic mass is 10.1. The number of carboxylic acids is 1. The van der Waals surface area contributed by atoms with Gasteiger partial charge in [0.2, 0.25) is 0 Å². The Morgan fingerprint density at radius 1 is 1.05 bits per heavy atom. The maximum Gasteiger partial charge on any atom is 0.335 e. The van der Waals surface area contributed by atoms with Gasteiger partial charge in [-0.2, -0.15) is 0 Å². The molecule has 0 atom stereocenters. The van der Waals surface area contributed by atoms with Crippen LogP contribution in [-0.2, 0) is 14.4 Å². The molecule has 1 fully saturated rings. The molecule has 3 amide bonds. The molecular formula is C27H21N3O7S. The van der Waals surface area contributed by atoms with Crippen LogP contribution in [0.5, 0.6) is 11.5 Å². The molecule has 192 valence electrons. The van der Waals surface area contributed by atoms with Crippen LogP contribution in [0.1, 0.15) is 15.9 Å². The van der Waals surface area contributed by atoms with Gasteiger partial charge in [0.05, 0.1) is 18.4 Å². The zero-order chi connectivity index (χ0) is 27.2. The van der Waals surface area contributed by atoms with Crippen molar-refractivity contribution in [3.63, 3.8) is 0 Å². The molecule has 4 rings (SSSR count). The number of carbonyl (C=O) groups is 4. The lowest BCUT2D eigenvalue weighted by Gasteiger charge is -2.29. The second-order valence-corrected chi connectivity index (χ2v) is 8.28. The lowest BCUT2D eigenvalue weighted by Crippen LogP contribution is -2.54. The van der Waals surface area contributed by atoms with E-state index in [1.54, 1.807) is 42.5 Å². The zero-order valence-corrected chi connectivity index (χ0v) is 20.8. The summed E-state index contributed by atoms with van der Waals surface area (Å²) in [5.74, 6) is -2.72. The van der Waals surface area contributed by atoms with Crippen molar-refractivity contribution < 1.29 is 33.8 Å². The molecule has 1 saturated heterocycles. The minimum absolute atomic E-state index is 0.0576. The minimum Gasteiger partial charge on any atom is -0.493 e. The van der Waals surface area contributed by atoms with Gasteiger partial charge in [0, 0.05) is 11.3 Å². The third-order valence-corrected chi connectivity index (χ3v) is 5.67. The first-order valence-electron chi connectivity index (χ1n) is 11.2. The summed E-state index contributed by atoms with van der Waals surface area (Å²) in [5, 5.41) is 14.3. The van der Waals surface area contributed by atoms with Crippen LogP contribution in [-0.4, -0.2) is 47.6 Å². The first kappa shape index (κ1) is 26.0. The van der Waals surface area contributed by atoms with E-state index in [0.29, 0.717) is 11.3 Å². The Hall–Kier alpha value is -5.03. The second-order valence-electron chi connectivity index (χ2n) is 7.89. The van der Waals surface area contributed by atoms with Gasteiger partial charge in [0.25, 0.3) is 17.7 Å². The zero-order valence-electron chi connectivity index (χ0n) is 20.0. The predicted octanol–water partition coefficient (Wildman–Crippen LogP) is 3.24. The third-order valence-electron chi connectivity index (χ3n) is 5.39. The first-order chi connectivity index (χ1) is 18.3. The number of aromatic carboxylic acids is 1. The largest absolute Gasteiger partial charge is 0.493 e. The van der Waals surface area contributed by atoms with Crippen LogP contribution in [0.3, 0.4) is 0 Å². The molecular weight excluding hydrogens is 510 g/mol. The van der Waals surface area contributed by atoms with Gasteiger partial charge in [-0.1, -0.05) is 36.4 Å². The van der Waals surface area contributed by atoms with E-state index >= 15 is 0 Å². The summed E-state index contributed by atoms with van der Waals surface area (Å²) in [7, 11) is 1.41. The SMILES string of the molecule is COc1cccc(C=C2C(=O)NC(=S)N(c3cccc(C(=O)O)c3)C2=O)c1OCC(=O)Nc1ccccc1. The van der Waals surface area contributed by atoms with Crippen molar-refractivity contribution in [3.8, 4) is 11.5 Å². The van der Waals surface area contributed by atoms with E-state index in [1.165, 1.54) is 37.5 Å². The minimum atomic E-state index is -1.18. The maximum absolute atomic E-state index is 13.4. The first-order valence-corrected chi connectivity index (χ1v) is 11.6. The number of amides is 3. The maximum atomic E-state index is 13.4. The fourth-order valence-electron chi connectivity index (χ4n) is 3.64. The molecule has 11 heteroatoms. The molecule has 10 nitrogen and oxygen atoms in total. The van der Waals surface area contributed by atoms with Crippen molar-refractivity contribution in [2.24, 2.45) is 0 Å². The summed E-state index contributed by atoms with van der Waals surface area (Å²) in [5.41, 5.74) is 0.716. The quantitative estimate of drug-likeness (QED) is 0.229. The Morgan fingerprint density at radius 2 is 1.79 bits per heavy atom. The molecule has 0 bridgehead atoms. The molecule has 3 aromatic rings. The van der Waals surface area contributed by atoms with Gasteiger partial charge in [-0.25, -0.2) is 4.79 Å². The van der Waals surface area contributed by atoms with Crippen LogP contribution in [0, 0.1) is 0 Å². The number of carboxylic acid groups (broad SMARTS) is 1. The Bertz CT molecular complexity index is 1470. The van der Waals surface area contributed by atoms with Gasteiger partial charge < -0.3 is 19.9 Å². The van der Waals surface area contributed by atoms with Crippen molar-refractivity contribution in [2.75, 3.05) is 23.9 Å². The molecule has 0 aromatic heterocycles. The summed E-state index contributed by atoms with van der Waals surface area (Å²) in [4.78, 5) is 51.0. The molecule has 38 heavy (non-hydrogen) atoms. The Balaban J connectivity index is 1.64. The molecule has 0 aliphatic carbocycles. The second kappa shape index (κ2) is 11.4. The summed E-state index contributed by atoms with van der Waals surface area (Å²) in [6.45, 7) is -0.371. The molecule has 1 aliphatic heterocycles. The number of para-hydroxylation sites is 2. The van der Waals surface area contributed by atoms with Crippen LogP contribution >= 0.6 is 12.2 Å². The molecule has 0 radical (unpaired) electrons. The van der Waals surface area contributed by atoms with Gasteiger partial charge in [0.1, 0.15) is 5.57 Å². The normalized spacial score (nSPS) is 14.2. The number of benzene rings is 3. The number of nitrogens with one attached hydrogen (secondary N) is 2. The van der Waals surface area contributed by atoms with Crippen LogP contribution in [0.2, 0.25) is 0 Å². The molecule has 3 aromatic carbocycles. The van der Waals surface area contributed by atoms with Gasteiger partial charge in [0.15, 0.2) is 23.2 Å². The highest BCUT2D eigenvalue weighted by molar-refractivity contribution is 7.80. The van der Waals surface area contributed by atoms with Gasteiger partial charge in [-0.05, 0) is 54.7 Å². The Kier molecular flexibility index (Phi) is 7.78. The summed E-state index contributed by atoms with van der Waals surface area (Å²) in [6, 6.07) is 19.3. The number of hydrogen-bond acceptors (Lipinski definition) is 7. The molecule has 0 spiro atoms. The van der Waals surface area contributed by atoms with Gasteiger partial charge >= 0.3 is 5.97 Å². The molecule has 0 unspecified atom stereocenters. The van der Waals surface area contributed by atoms with E-state index in [1.807, 2.05) is 6.07 Å². The Morgan fingerprint density at radius 3 is 2.50 bits per heavy atom. The summed E-state index contributed by atoms with van der Waals surface area (Å²) >= 11 is 5.19. The van der Waals surface area contributed by atoms with E-state index in [0.717, 1.165) is 4.90 Å². The number of ether oxygens (including phenoxy) is 2. The van der Waals surface area contributed by atoms with Crippen LogP contribution in [0.25, 0.3) is 6.08 Å². The lowest BCUT2D eigenvalue weighted by molar-refractivity contribution is -0.122. The number of carbonyl (C=O) groups excluding carboxylic acids is 3. The molecule has 3 N–H and O–H groups in total.